The van der Waals surface area contributed by atoms with E-state index in [0.717, 1.165) is 0 Å². The van der Waals surface area contributed by atoms with Crippen LogP contribution in [0.5, 0.6) is 0 Å². The van der Waals surface area contributed by atoms with Gasteiger partial charge in [-0.05, 0) is 0 Å². The van der Waals surface area contributed by atoms with Crippen LogP contribution in [0, 0.1) is 0 Å². The van der Waals surface area contributed by atoms with Crippen LogP contribution >= 0.6 is 0 Å². The highest BCUT2D eigenvalue weighted by molar-refractivity contribution is 4.62. The zero-order valence-corrected chi connectivity index (χ0v) is 26.1. The number of aliphatic hydroxyl groups is 4. The van der Waals surface area contributed by atoms with E-state index < -0.39 is 89.2 Å². The van der Waals surface area contributed by atoms with Gasteiger partial charge in [0.1, 0.15) is 51.5 Å². The highest BCUT2D eigenvalue weighted by Crippen LogP contribution is 2.29. The minimum absolute atomic E-state index is 0.0516. The molecule has 0 saturated carbocycles. The van der Waals surface area contributed by atoms with Crippen LogP contribution < -0.4 is 0 Å². The summed E-state index contributed by atoms with van der Waals surface area (Å²) >= 11 is 0. The van der Waals surface area contributed by atoms with Crippen molar-refractivity contribution >= 4 is 0 Å². The van der Waals surface area contributed by atoms with Crippen molar-refractivity contribution in [3.8, 4) is 0 Å². The maximum absolute atomic E-state index is 13.7. The molecule has 0 saturated heterocycles. The highest BCUT2D eigenvalue weighted by Gasteiger charge is 2.46. The number of aliphatic hydroxyl groups excluding tert-OH is 4. The van der Waals surface area contributed by atoms with E-state index in [4.69, 9.17) is 24.1 Å². The summed E-state index contributed by atoms with van der Waals surface area (Å²) in [7, 11) is 1.26. The summed E-state index contributed by atoms with van der Waals surface area (Å²) in [4.78, 5) is 0. The van der Waals surface area contributed by atoms with E-state index >= 15 is 0 Å². The van der Waals surface area contributed by atoms with Crippen LogP contribution in [0.3, 0.4) is 0 Å². The average molecular weight is 737 g/mol. The molecule has 0 spiro atoms. The van der Waals surface area contributed by atoms with E-state index in [1.165, 1.54) is 7.11 Å². The first-order valence-electron chi connectivity index (χ1n) is 14.1. The number of alkyl halides is 8. The normalized spacial score (nSPS) is 15.2. The molecule has 0 amide bonds. The van der Waals surface area contributed by atoms with Crippen LogP contribution in [0.2, 0.25) is 0 Å². The molecule has 0 radical (unpaired) electrons. The Morgan fingerprint density at radius 2 is 0.792 bits per heavy atom. The van der Waals surface area contributed by atoms with Gasteiger partial charge in [0.2, 0.25) is 0 Å². The van der Waals surface area contributed by atoms with Crippen LogP contribution in [0.4, 0.5) is 35.1 Å². The van der Waals surface area contributed by atoms with Crippen molar-refractivity contribution in [2.45, 2.75) is 42.7 Å². The lowest BCUT2D eigenvalue weighted by molar-refractivity contribution is -0.396. The standard InChI is InChI=1S/C25H44F8O15/c1-38-4-5-41-14-22(26,27)47-23(28,29)15-44-12-21(37)13-45-16-24(30,31)48-25(32,33)17-46-18-42-7-6-40-9-20(36)11-43-10-19(35)8-39-3-2-34/h19-21,34-37H,2-18H2,1H3. The quantitative estimate of drug-likeness (QED) is 0.0399. The van der Waals surface area contributed by atoms with E-state index in [9.17, 15) is 50.4 Å². The van der Waals surface area contributed by atoms with Gasteiger partial charge >= 0.3 is 24.4 Å². The van der Waals surface area contributed by atoms with Crippen molar-refractivity contribution in [1.82, 2.24) is 0 Å². The van der Waals surface area contributed by atoms with E-state index in [-0.39, 0.29) is 66.1 Å². The second-order valence-corrected chi connectivity index (χ2v) is 9.58. The summed E-state index contributed by atoms with van der Waals surface area (Å²) in [5.41, 5.74) is 0. The van der Waals surface area contributed by atoms with Gasteiger partial charge in [0.15, 0.2) is 0 Å². The molecule has 23 heteroatoms. The van der Waals surface area contributed by atoms with Gasteiger partial charge in [0.25, 0.3) is 0 Å². The Morgan fingerprint density at radius 1 is 0.438 bits per heavy atom. The van der Waals surface area contributed by atoms with Crippen LogP contribution in [0.1, 0.15) is 0 Å². The predicted octanol–water partition coefficient (Wildman–Crippen LogP) is 0.203. The summed E-state index contributed by atoms with van der Waals surface area (Å²) in [5.74, 6) is 0. The largest absolute Gasteiger partial charge is 0.394 e. The zero-order chi connectivity index (χ0) is 36.5. The highest BCUT2D eigenvalue weighted by atomic mass is 19.3. The number of halogens is 8. The molecule has 0 fully saturated rings. The second-order valence-electron chi connectivity index (χ2n) is 9.58. The van der Waals surface area contributed by atoms with Crippen molar-refractivity contribution in [1.29, 1.82) is 0 Å². The maximum atomic E-state index is 13.7. The Hall–Kier alpha value is -1.16. The number of rotatable bonds is 34. The second kappa shape index (κ2) is 25.7. The Labute approximate surface area is 270 Å². The molecule has 3 unspecified atom stereocenters. The summed E-state index contributed by atoms with van der Waals surface area (Å²) in [6.07, 6.45) is -21.9. The van der Waals surface area contributed by atoms with Gasteiger partial charge in [-0.25, -0.2) is 0 Å². The minimum atomic E-state index is -4.60. The summed E-state index contributed by atoms with van der Waals surface area (Å²) in [6.45, 7) is -11.0. The fourth-order valence-electron chi connectivity index (χ4n) is 2.90. The first kappa shape index (κ1) is 46.8. The lowest BCUT2D eigenvalue weighted by atomic mass is 10.4. The smallest absolute Gasteiger partial charge is 0.383 e. The van der Waals surface area contributed by atoms with Gasteiger partial charge in [0.05, 0.1) is 79.3 Å². The first-order chi connectivity index (χ1) is 22.4. The molecule has 0 aliphatic rings. The lowest BCUT2D eigenvalue weighted by Crippen LogP contribution is -2.41. The molecule has 0 aromatic heterocycles. The van der Waals surface area contributed by atoms with Crippen LogP contribution in [0.15, 0.2) is 0 Å². The molecule has 0 aliphatic heterocycles. The fourth-order valence-corrected chi connectivity index (χ4v) is 2.90. The lowest BCUT2D eigenvalue weighted by Gasteiger charge is -2.24. The van der Waals surface area contributed by atoms with E-state index in [1.807, 2.05) is 0 Å². The van der Waals surface area contributed by atoms with E-state index in [1.54, 1.807) is 0 Å². The van der Waals surface area contributed by atoms with Gasteiger partial charge < -0.3 is 63.1 Å². The Morgan fingerprint density at radius 3 is 1.25 bits per heavy atom. The first-order valence-corrected chi connectivity index (χ1v) is 14.1. The Balaban J connectivity index is 4.03. The van der Waals surface area contributed by atoms with Gasteiger partial charge in [-0.15, -0.1) is 0 Å². The molecule has 0 aliphatic carbocycles. The zero-order valence-electron chi connectivity index (χ0n) is 26.1. The molecule has 0 aromatic rings. The third-order valence-electron chi connectivity index (χ3n) is 4.75. The van der Waals surface area contributed by atoms with Crippen molar-refractivity contribution < 1.29 is 108 Å². The molecule has 0 aromatic carbocycles. The molecular weight excluding hydrogens is 692 g/mol. The Bertz CT molecular complexity index is 777. The molecule has 3 atom stereocenters. The fraction of sp³-hybridized carbons (Fsp3) is 1.00. The average Bonchev–Trinajstić information content (AvgIpc) is 2.95. The SMILES string of the molecule is COCCOCC(F)(F)OC(F)(F)COCC(O)COCC(F)(F)OC(F)(F)COCOCCOCC(O)COCC(O)COCCO. The molecule has 15 nitrogen and oxygen atoms in total. The summed E-state index contributed by atoms with van der Waals surface area (Å²) in [6, 6.07) is 0. The van der Waals surface area contributed by atoms with Gasteiger partial charge in [-0.2, -0.15) is 35.1 Å². The third-order valence-corrected chi connectivity index (χ3v) is 4.75. The van der Waals surface area contributed by atoms with Gasteiger partial charge in [0, 0.05) is 7.11 Å². The van der Waals surface area contributed by atoms with Crippen molar-refractivity contribution in [3.05, 3.63) is 0 Å². The predicted molar refractivity (Wildman–Crippen MR) is 141 cm³/mol. The number of hydrogen-bond acceptors (Lipinski definition) is 15. The number of ether oxygens (including phenoxy) is 11. The third kappa shape index (κ3) is 28.7. The van der Waals surface area contributed by atoms with Crippen LogP contribution in [-0.2, 0) is 52.1 Å². The maximum Gasteiger partial charge on any atom is 0.383 e. The van der Waals surface area contributed by atoms with Crippen molar-refractivity contribution in [2.24, 2.45) is 0 Å². The topological polar surface area (TPSA) is 182 Å². The van der Waals surface area contributed by atoms with Gasteiger partial charge in [-0.1, -0.05) is 0 Å². The molecule has 48 heavy (non-hydrogen) atoms. The molecule has 4 N–H and O–H groups in total. The minimum Gasteiger partial charge on any atom is -0.394 e. The molecule has 0 heterocycles. The van der Waals surface area contributed by atoms with Gasteiger partial charge in [-0.3, -0.25) is 9.47 Å². The van der Waals surface area contributed by atoms with Crippen LogP contribution in [-0.4, -0.2) is 183 Å². The number of methoxy groups -OCH3 is 1. The van der Waals surface area contributed by atoms with E-state index in [2.05, 4.69) is 33.2 Å². The Kier molecular flexibility index (Phi) is 25.1. The molecular formula is C25H44F8O15. The van der Waals surface area contributed by atoms with Crippen molar-refractivity contribution in [3.63, 3.8) is 0 Å². The number of hydrogen-bond donors (Lipinski definition) is 4. The molecule has 290 valence electrons. The van der Waals surface area contributed by atoms with E-state index in [0.29, 0.717) is 0 Å². The monoisotopic (exact) mass is 736 g/mol. The van der Waals surface area contributed by atoms with Crippen molar-refractivity contribution in [2.75, 3.05) is 120 Å². The summed E-state index contributed by atoms with van der Waals surface area (Å²) < 4.78 is 157. The summed E-state index contributed by atoms with van der Waals surface area (Å²) in [5, 5.41) is 37.4. The molecule has 0 bridgehead atoms. The van der Waals surface area contributed by atoms with Crippen LogP contribution in [0.25, 0.3) is 0 Å². The molecule has 0 rings (SSSR count).